The van der Waals surface area contributed by atoms with Crippen molar-refractivity contribution in [3.05, 3.63) is 70.5 Å². The van der Waals surface area contributed by atoms with Crippen LogP contribution < -0.4 is 10.6 Å². The maximum atomic E-state index is 13.7. The van der Waals surface area contributed by atoms with E-state index < -0.39 is 17.3 Å². The zero-order valence-corrected chi connectivity index (χ0v) is 20.1. The minimum absolute atomic E-state index is 0.00410. The van der Waals surface area contributed by atoms with Crippen molar-refractivity contribution >= 4 is 17.7 Å². The van der Waals surface area contributed by atoms with Gasteiger partial charge in [0.2, 0.25) is 5.91 Å². The van der Waals surface area contributed by atoms with Gasteiger partial charge in [-0.15, -0.1) is 0 Å². The third-order valence-corrected chi connectivity index (χ3v) is 7.02. The maximum absolute atomic E-state index is 13.7. The number of amides is 3. The van der Waals surface area contributed by atoms with Gasteiger partial charge in [-0.25, -0.2) is 4.39 Å². The van der Waals surface area contributed by atoms with Gasteiger partial charge < -0.3 is 15.5 Å². The summed E-state index contributed by atoms with van der Waals surface area (Å²) in [7, 11) is 0. The largest absolute Gasteiger partial charge is 0.348 e. The number of benzene rings is 2. The predicted molar refractivity (Wildman–Crippen MR) is 128 cm³/mol. The molecule has 0 aromatic heterocycles. The molecule has 2 unspecified atom stereocenters. The molecule has 2 fully saturated rings. The van der Waals surface area contributed by atoms with E-state index >= 15 is 0 Å². The molecule has 1 aliphatic heterocycles. The summed E-state index contributed by atoms with van der Waals surface area (Å²) >= 11 is 0. The zero-order chi connectivity index (χ0) is 25.3. The third kappa shape index (κ3) is 5.04. The van der Waals surface area contributed by atoms with Gasteiger partial charge in [-0.05, 0) is 82.3 Å². The lowest BCUT2D eigenvalue weighted by atomic mass is 10.0. The highest BCUT2D eigenvalue weighted by Crippen LogP contribution is 2.36. The number of halogens is 1. The summed E-state index contributed by atoms with van der Waals surface area (Å²) in [6.07, 6.45) is 2.95. The molecule has 1 heterocycles. The molecule has 4 rings (SSSR count). The van der Waals surface area contributed by atoms with Crippen molar-refractivity contribution in [3.8, 4) is 6.07 Å². The van der Waals surface area contributed by atoms with E-state index in [0.29, 0.717) is 18.4 Å². The summed E-state index contributed by atoms with van der Waals surface area (Å²) in [6.45, 7) is 5.97. The molecule has 2 aliphatic rings. The van der Waals surface area contributed by atoms with Gasteiger partial charge in [-0.3, -0.25) is 14.4 Å². The van der Waals surface area contributed by atoms with Crippen LogP contribution in [0.15, 0.2) is 42.5 Å². The van der Waals surface area contributed by atoms with Crippen LogP contribution in [0.5, 0.6) is 0 Å². The quantitative estimate of drug-likeness (QED) is 0.661. The second-order valence-corrected chi connectivity index (χ2v) is 9.68. The van der Waals surface area contributed by atoms with Gasteiger partial charge in [0.25, 0.3) is 11.8 Å². The number of hydrogen-bond donors (Lipinski definition) is 2. The number of nitriles is 1. The van der Waals surface area contributed by atoms with Gasteiger partial charge in [0.15, 0.2) is 0 Å². The van der Waals surface area contributed by atoms with E-state index in [2.05, 4.69) is 24.5 Å². The van der Waals surface area contributed by atoms with Crippen molar-refractivity contribution in [2.75, 3.05) is 0 Å². The van der Waals surface area contributed by atoms with Gasteiger partial charge in [0.1, 0.15) is 11.4 Å². The number of hydrogen-bond acceptors (Lipinski definition) is 4. The molecule has 1 saturated carbocycles. The molecule has 0 bridgehead atoms. The van der Waals surface area contributed by atoms with Gasteiger partial charge in [0, 0.05) is 23.2 Å². The number of likely N-dealkylation sites (tertiary alicyclic amines) is 1. The fourth-order valence-electron chi connectivity index (χ4n) is 4.69. The van der Waals surface area contributed by atoms with Gasteiger partial charge in [0.05, 0.1) is 17.7 Å². The van der Waals surface area contributed by atoms with Crippen molar-refractivity contribution in [1.82, 2.24) is 15.5 Å². The summed E-state index contributed by atoms with van der Waals surface area (Å²) in [4.78, 5) is 40.5. The van der Waals surface area contributed by atoms with E-state index in [0.717, 1.165) is 30.5 Å². The Kier molecular flexibility index (Phi) is 6.62. The van der Waals surface area contributed by atoms with E-state index in [-0.39, 0.29) is 41.1 Å². The molecule has 2 aromatic carbocycles. The number of nitrogens with zero attached hydrogens (tertiary/aromatic N) is 2. The fourth-order valence-corrected chi connectivity index (χ4v) is 4.69. The van der Waals surface area contributed by atoms with Crippen LogP contribution in [0, 0.1) is 17.1 Å². The average Bonchev–Trinajstić information content (AvgIpc) is 3.55. The van der Waals surface area contributed by atoms with Crippen molar-refractivity contribution in [2.24, 2.45) is 0 Å². The van der Waals surface area contributed by atoms with Crippen LogP contribution >= 0.6 is 0 Å². The molecule has 3 amide bonds. The molecule has 3 atom stereocenters. The van der Waals surface area contributed by atoms with E-state index in [1.807, 2.05) is 30.0 Å². The first-order chi connectivity index (χ1) is 16.6. The minimum atomic E-state index is -1.05. The number of carbonyl (C=O) groups is 3. The van der Waals surface area contributed by atoms with Gasteiger partial charge >= 0.3 is 0 Å². The fraction of sp³-hybridized carbons (Fsp3) is 0.407. The first kappa shape index (κ1) is 24.4. The number of rotatable bonds is 6. The molecule has 35 heavy (non-hydrogen) atoms. The Balaban J connectivity index is 1.39. The summed E-state index contributed by atoms with van der Waals surface area (Å²) in [5.74, 6) is -1.60. The summed E-state index contributed by atoms with van der Waals surface area (Å²) in [5.41, 5.74) is 0.431. The topological polar surface area (TPSA) is 102 Å². The van der Waals surface area contributed by atoms with Crippen LogP contribution in [0.4, 0.5) is 4.39 Å². The first-order valence-corrected chi connectivity index (χ1v) is 11.9. The van der Waals surface area contributed by atoms with E-state index in [9.17, 15) is 18.8 Å². The predicted octanol–water partition coefficient (Wildman–Crippen LogP) is 3.85. The van der Waals surface area contributed by atoms with Crippen LogP contribution in [-0.4, -0.2) is 40.2 Å². The normalized spacial score (nSPS) is 21.1. The SMILES string of the molecule is CC1CCC(C)N1C(=O)c1ccc([C@@H](C)NC(=O)C2(NC(=O)c3cc(F)cc(C#N)c3)CC2)cc1. The standard InChI is InChI=1S/C27H29FN4O3/c1-16-4-5-17(2)32(16)25(34)21-8-6-20(7-9-21)18(3)30-26(35)27(10-11-27)31-24(33)22-12-19(15-29)13-23(28)14-22/h6-9,12-14,16-18H,4-5,10-11H2,1-3H3,(H,30,35)(H,31,33)/t16?,17?,18-/m1/s1. The number of nitrogens with one attached hydrogen (secondary N) is 2. The summed E-state index contributed by atoms with van der Waals surface area (Å²) in [5, 5.41) is 14.6. The molecule has 8 heteroatoms. The third-order valence-electron chi connectivity index (χ3n) is 7.02. The van der Waals surface area contributed by atoms with Crippen molar-refractivity contribution in [2.45, 2.75) is 70.1 Å². The van der Waals surface area contributed by atoms with Crippen molar-refractivity contribution < 1.29 is 18.8 Å². The van der Waals surface area contributed by atoms with Crippen LogP contribution in [0.2, 0.25) is 0 Å². The Labute approximate surface area is 204 Å². The van der Waals surface area contributed by atoms with Crippen molar-refractivity contribution in [3.63, 3.8) is 0 Å². The molecule has 0 radical (unpaired) electrons. The summed E-state index contributed by atoms with van der Waals surface area (Å²) in [6, 6.07) is 12.5. The van der Waals surface area contributed by atoms with Gasteiger partial charge in [-0.2, -0.15) is 5.26 Å². The second kappa shape index (κ2) is 9.49. The Morgan fingerprint density at radius 3 is 2.26 bits per heavy atom. The second-order valence-electron chi connectivity index (χ2n) is 9.68. The lowest BCUT2D eigenvalue weighted by Gasteiger charge is -2.26. The van der Waals surface area contributed by atoms with E-state index in [1.54, 1.807) is 12.1 Å². The highest BCUT2D eigenvalue weighted by atomic mass is 19.1. The van der Waals surface area contributed by atoms with E-state index in [4.69, 9.17) is 5.26 Å². The average molecular weight is 477 g/mol. The summed E-state index contributed by atoms with van der Waals surface area (Å²) < 4.78 is 13.7. The van der Waals surface area contributed by atoms with Crippen LogP contribution in [0.1, 0.15) is 84.3 Å². The lowest BCUT2D eigenvalue weighted by molar-refractivity contribution is -0.124. The Hall–Kier alpha value is -3.73. The lowest BCUT2D eigenvalue weighted by Crippen LogP contribution is -2.49. The molecular formula is C27H29FN4O3. The van der Waals surface area contributed by atoms with Gasteiger partial charge in [-0.1, -0.05) is 12.1 Å². The Bertz CT molecular complexity index is 1190. The molecule has 1 aliphatic carbocycles. The zero-order valence-electron chi connectivity index (χ0n) is 20.1. The molecule has 2 N–H and O–H groups in total. The molecule has 7 nitrogen and oxygen atoms in total. The molecule has 1 saturated heterocycles. The first-order valence-electron chi connectivity index (χ1n) is 11.9. The maximum Gasteiger partial charge on any atom is 0.254 e. The Morgan fingerprint density at radius 2 is 1.69 bits per heavy atom. The molecular weight excluding hydrogens is 447 g/mol. The molecule has 2 aromatic rings. The van der Waals surface area contributed by atoms with Crippen molar-refractivity contribution in [1.29, 1.82) is 5.26 Å². The van der Waals surface area contributed by atoms with E-state index in [1.165, 1.54) is 6.07 Å². The monoisotopic (exact) mass is 476 g/mol. The Morgan fingerprint density at radius 1 is 1.06 bits per heavy atom. The highest BCUT2D eigenvalue weighted by Gasteiger charge is 2.51. The minimum Gasteiger partial charge on any atom is -0.348 e. The van der Waals surface area contributed by atoms with Crippen LogP contribution in [-0.2, 0) is 4.79 Å². The van der Waals surface area contributed by atoms with Crippen LogP contribution in [0.25, 0.3) is 0 Å². The number of carbonyl (C=O) groups excluding carboxylic acids is 3. The van der Waals surface area contributed by atoms with Crippen LogP contribution in [0.3, 0.4) is 0 Å². The smallest absolute Gasteiger partial charge is 0.254 e. The molecule has 0 spiro atoms. The highest BCUT2D eigenvalue weighted by molar-refractivity contribution is 6.01. The molecule has 182 valence electrons.